The Labute approximate surface area is 249 Å². The van der Waals surface area contributed by atoms with Gasteiger partial charge in [0, 0.05) is 17.7 Å². The number of H-pyrrole nitrogens is 1. The van der Waals surface area contributed by atoms with Crippen molar-refractivity contribution in [3.05, 3.63) is 128 Å². The normalized spacial score (nSPS) is 24.7. The van der Waals surface area contributed by atoms with Gasteiger partial charge in [-0.3, -0.25) is 14.3 Å². The lowest BCUT2D eigenvalue weighted by Crippen LogP contribution is -2.46. The van der Waals surface area contributed by atoms with Crippen LogP contribution in [-0.2, 0) is 15.1 Å². The highest BCUT2D eigenvalue weighted by molar-refractivity contribution is 5.49. The van der Waals surface area contributed by atoms with E-state index in [4.69, 9.17) is 18.9 Å². The van der Waals surface area contributed by atoms with Crippen LogP contribution in [0.5, 0.6) is 11.5 Å². The number of nitrogens with one attached hydrogen (secondary N) is 1. The molecule has 0 radical (unpaired) electrons. The highest BCUT2D eigenvalue weighted by atomic mass is 16.6. The zero-order valence-corrected chi connectivity index (χ0v) is 24.7. The lowest BCUT2D eigenvalue weighted by Gasteiger charge is -2.40. The Bertz CT molecular complexity index is 1650. The van der Waals surface area contributed by atoms with Crippen LogP contribution in [0.2, 0.25) is 0 Å². The number of hydrogen-bond donors (Lipinski definition) is 2. The first-order valence-corrected chi connectivity index (χ1v) is 14.4. The van der Waals surface area contributed by atoms with Gasteiger partial charge in [-0.2, -0.15) is 0 Å². The molecule has 2 N–H and O–H groups in total. The molecule has 43 heavy (non-hydrogen) atoms. The Hall–Kier alpha value is -4.18. The predicted octanol–water partition coefficient (Wildman–Crippen LogP) is 4.16. The molecule has 2 heterocycles. The van der Waals surface area contributed by atoms with Crippen LogP contribution in [0.25, 0.3) is 0 Å². The van der Waals surface area contributed by atoms with E-state index in [9.17, 15) is 14.7 Å². The van der Waals surface area contributed by atoms with E-state index in [1.165, 1.54) is 10.8 Å². The van der Waals surface area contributed by atoms with E-state index in [2.05, 4.69) is 4.98 Å². The molecule has 4 aromatic rings. The third-order valence-electron chi connectivity index (χ3n) is 9.04. The van der Waals surface area contributed by atoms with Crippen LogP contribution >= 0.6 is 0 Å². The molecule has 9 heteroatoms. The van der Waals surface area contributed by atoms with Gasteiger partial charge < -0.3 is 24.1 Å². The van der Waals surface area contributed by atoms with E-state index in [1.54, 1.807) is 21.1 Å². The van der Waals surface area contributed by atoms with Crippen LogP contribution in [0.3, 0.4) is 0 Å². The topological polar surface area (TPSA) is 112 Å². The molecule has 3 aromatic carbocycles. The van der Waals surface area contributed by atoms with Crippen molar-refractivity contribution in [2.75, 3.05) is 20.8 Å². The monoisotopic (exact) mass is 584 g/mol. The number of aromatic nitrogens is 2. The first kappa shape index (κ1) is 28.9. The molecule has 1 aromatic heterocycles. The number of aliphatic hydroxyl groups is 1. The van der Waals surface area contributed by atoms with Crippen LogP contribution in [-0.4, -0.2) is 47.2 Å². The Morgan fingerprint density at radius 2 is 1.49 bits per heavy atom. The van der Waals surface area contributed by atoms with Crippen molar-refractivity contribution in [2.45, 2.75) is 43.8 Å². The van der Waals surface area contributed by atoms with Gasteiger partial charge in [-0.15, -0.1) is 0 Å². The second kappa shape index (κ2) is 11.1. The third kappa shape index (κ3) is 4.77. The van der Waals surface area contributed by atoms with Crippen LogP contribution in [0, 0.1) is 18.8 Å². The smallest absolute Gasteiger partial charge is 0.330 e. The molecule has 2 aliphatic rings. The average molecular weight is 585 g/mol. The van der Waals surface area contributed by atoms with Crippen molar-refractivity contribution < 1.29 is 24.1 Å². The number of aryl methyl sites for hydroxylation is 1. The molecule has 224 valence electrons. The van der Waals surface area contributed by atoms with Crippen molar-refractivity contribution in [1.29, 1.82) is 0 Å². The van der Waals surface area contributed by atoms with Gasteiger partial charge >= 0.3 is 5.69 Å². The van der Waals surface area contributed by atoms with E-state index in [1.807, 2.05) is 85.8 Å². The van der Waals surface area contributed by atoms with Gasteiger partial charge in [-0.1, -0.05) is 61.5 Å². The van der Waals surface area contributed by atoms with Crippen molar-refractivity contribution >= 4 is 0 Å². The highest BCUT2D eigenvalue weighted by Crippen LogP contribution is 2.56. The lowest BCUT2D eigenvalue weighted by molar-refractivity contribution is -0.175. The van der Waals surface area contributed by atoms with Crippen LogP contribution in [0.15, 0.2) is 94.6 Å². The van der Waals surface area contributed by atoms with Crippen LogP contribution < -0.4 is 20.7 Å². The van der Waals surface area contributed by atoms with E-state index < -0.39 is 34.8 Å². The number of rotatable bonds is 9. The van der Waals surface area contributed by atoms with Crippen molar-refractivity contribution in [3.63, 3.8) is 0 Å². The molecule has 6 rings (SSSR count). The number of nitrogens with zero attached hydrogens (tertiary/aromatic N) is 1. The Balaban J connectivity index is 1.46. The maximum absolute atomic E-state index is 12.8. The number of fused-ring (bicyclic) bond motifs is 2. The molecule has 1 aliphatic heterocycles. The summed E-state index contributed by atoms with van der Waals surface area (Å²) in [4.78, 5) is 27.3. The Morgan fingerprint density at radius 1 is 0.930 bits per heavy atom. The summed E-state index contributed by atoms with van der Waals surface area (Å²) in [6, 6.07) is 25.4. The molecule has 9 nitrogen and oxygen atoms in total. The fourth-order valence-electron chi connectivity index (χ4n) is 6.84. The third-order valence-corrected chi connectivity index (χ3v) is 9.04. The molecule has 0 amide bonds. The zero-order valence-electron chi connectivity index (χ0n) is 24.7. The molecule has 1 saturated carbocycles. The van der Waals surface area contributed by atoms with E-state index in [0.29, 0.717) is 23.5 Å². The van der Waals surface area contributed by atoms with Crippen molar-refractivity contribution in [2.24, 2.45) is 11.8 Å². The zero-order chi connectivity index (χ0) is 30.4. The summed E-state index contributed by atoms with van der Waals surface area (Å²) in [5.74, 6) is 1.10. The lowest BCUT2D eigenvalue weighted by atomic mass is 9.79. The predicted molar refractivity (Wildman–Crippen MR) is 160 cm³/mol. The second-order valence-electron chi connectivity index (χ2n) is 11.5. The van der Waals surface area contributed by atoms with Gasteiger partial charge in [-0.05, 0) is 60.2 Å². The molecule has 2 fully saturated rings. The highest BCUT2D eigenvalue weighted by Gasteiger charge is 2.64. The van der Waals surface area contributed by atoms with Crippen LogP contribution in [0.4, 0.5) is 0 Å². The van der Waals surface area contributed by atoms with Crippen molar-refractivity contribution in [1.82, 2.24) is 9.55 Å². The van der Waals surface area contributed by atoms with E-state index in [-0.39, 0.29) is 18.4 Å². The molecular weight excluding hydrogens is 548 g/mol. The number of benzene rings is 3. The molecule has 0 spiro atoms. The van der Waals surface area contributed by atoms with Gasteiger partial charge in [0.15, 0.2) is 0 Å². The van der Waals surface area contributed by atoms with Crippen molar-refractivity contribution in [3.8, 4) is 11.5 Å². The first-order valence-electron chi connectivity index (χ1n) is 14.4. The minimum atomic E-state index is -1.09. The molecule has 5 atom stereocenters. The first-order chi connectivity index (χ1) is 20.7. The van der Waals surface area contributed by atoms with E-state index >= 15 is 0 Å². The minimum Gasteiger partial charge on any atom is -0.497 e. The summed E-state index contributed by atoms with van der Waals surface area (Å²) in [6.45, 7) is 3.72. The second-order valence-corrected chi connectivity index (χ2v) is 11.5. The van der Waals surface area contributed by atoms with Gasteiger partial charge in [-0.25, -0.2) is 4.79 Å². The minimum absolute atomic E-state index is 0.0320. The maximum Gasteiger partial charge on any atom is 0.330 e. The average Bonchev–Trinajstić information content (AvgIpc) is 3.45. The van der Waals surface area contributed by atoms with Gasteiger partial charge in [0.25, 0.3) is 5.56 Å². The standard InChI is InChI=1S/C34H36N2O7/c1-21-18-33(29(37)28(21)31(43-33)36-19-22(2)30(38)35-32(36)39)20-42-34(23-8-6-5-7-9-23,24-10-14-26(40-3)15-11-24)25-12-16-27(41-4)17-13-25/h5-17,19,21,28-29,31,37H,18,20H2,1-4H3,(H,35,38,39)/t21-,28+,29-,31-,33+/m1/s1. The summed E-state index contributed by atoms with van der Waals surface area (Å²) in [7, 11) is 3.25. The number of aliphatic hydroxyl groups excluding tert-OH is 1. The Morgan fingerprint density at radius 3 is 2.05 bits per heavy atom. The SMILES string of the molecule is COc1ccc(C(OC[C@]23C[C@@H](C)[C@H]([C@H](n4cc(C)c(=O)[nH]c4=O)O2)[C@H]3O)(c2ccccc2)c2ccc(OC)cc2)cc1. The maximum atomic E-state index is 12.8. The molecule has 0 unspecified atom stereocenters. The Kier molecular flexibility index (Phi) is 7.50. The number of aromatic amines is 1. The fourth-order valence-corrected chi connectivity index (χ4v) is 6.84. The molecule has 2 bridgehead atoms. The van der Waals surface area contributed by atoms with Gasteiger partial charge in [0.05, 0.1) is 26.9 Å². The van der Waals surface area contributed by atoms with E-state index in [0.717, 1.165) is 16.7 Å². The van der Waals surface area contributed by atoms with Gasteiger partial charge in [0.1, 0.15) is 28.9 Å². The quantitative estimate of drug-likeness (QED) is 0.284. The number of hydrogen-bond acceptors (Lipinski definition) is 7. The summed E-state index contributed by atoms with van der Waals surface area (Å²) in [5.41, 5.74) is -0.192. The number of methoxy groups -OCH3 is 2. The summed E-state index contributed by atoms with van der Waals surface area (Å²) < 4.78 is 26.0. The fraction of sp³-hybridized carbons (Fsp3) is 0.353. The largest absolute Gasteiger partial charge is 0.497 e. The molecule has 1 aliphatic carbocycles. The van der Waals surface area contributed by atoms with Crippen LogP contribution in [0.1, 0.15) is 41.8 Å². The molecular formula is C34H36N2O7. The summed E-state index contributed by atoms with van der Waals surface area (Å²) >= 11 is 0. The van der Waals surface area contributed by atoms with Gasteiger partial charge in [0.2, 0.25) is 0 Å². The summed E-state index contributed by atoms with van der Waals surface area (Å²) in [6.07, 6.45) is 0.400. The summed E-state index contributed by atoms with van der Waals surface area (Å²) in [5, 5.41) is 11.7. The number of ether oxygens (including phenoxy) is 4. The molecule has 1 saturated heterocycles.